The Kier molecular flexibility index (Phi) is 6.40. The zero-order chi connectivity index (χ0) is 14.3. The predicted octanol–water partition coefficient (Wildman–Crippen LogP) is 3.59. The third-order valence-electron chi connectivity index (χ3n) is 2.99. The number of ether oxygens (including phenoxy) is 1. The van der Waals surface area contributed by atoms with Crippen molar-refractivity contribution in [3.8, 4) is 5.75 Å². The maximum atomic E-state index is 12.5. The van der Waals surface area contributed by atoms with Crippen LogP contribution in [0, 0.1) is 5.92 Å². The molecule has 0 fully saturated rings. The van der Waals surface area contributed by atoms with E-state index in [1.54, 1.807) is 7.11 Å². The van der Waals surface area contributed by atoms with Crippen molar-refractivity contribution in [1.29, 1.82) is 0 Å². The highest BCUT2D eigenvalue weighted by Gasteiger charge is 2.16. The van der Waals surface area contributed by atoms with Crippen molar-refractivity contribution in [2.45, 2.75) is 33.6 Å². The molecule has 0 heterocycles. The average Bonchev–Trinajstić information content (AvgIpc) is 2.42. The Morgan fingerprint density at radius 1 is 1.26 bits per heavy atom. The Balaban J connectivity index is 2.78. The lowest BCUT2D eigenvalue weighted by atomic mass is 10.1. The van der Waals surface area contributed by atoms with Crippen LogP contribution in [0.15, 0.2) is 24.3 Å². The van der Waals surface area contributed by atoms with E-state index in [1.165, 1.54) is 0 Å². The van der Waals surface area contributed by atoms with Crippen LogP contribution in [0.2, 0.25) is 0 Å². The molecule has 106 valence electrons. The summed E-state index contributed by atoms with van der Waals surface area (Å²) in [7, 11) is 1.63. The highest BCUT2D eigenvalue weighted by Crippen LogP contribution is 2.14. The van der Waals surface area contributed by atoms with Gasteiger partial charge in [-0.05, 0) is 36.6 Å². The molecule has 0 aliphatic carbocycles. The lowest BCUT2D eigenvalue weighted by molar-refractivity contribution is 0.0733. The van der Waals surface area contributed by atoms with Gasteiger partial charge in [-0.3, -0.25) is 4.79 Å². The molecule has 0 unspecified atom stereocenters. The van der Waals surface area contributed by atoms with Crippen LogP contribution in [-0.4, -0.2) is 31.0 Å². The summed E-state index contributed by atoms with van der Waals surface area (Å²) in [4.78, 5) is 14.4. The quantitative estimate of drug-likeness (QED) is 0.752. The van der Waals surface area contributed by atoms with E-state index < -0.39 is 0 Å². The van der Waals surface area contributed by atoms with Gasteiger partial charge in [-0.25, -0.2) is 0 Å². The van der Waals surface area contributed by atoms with E-state index in [0.29, 0.717) is 5.92 Å². The fourth-order valence-corrected chi connectivity index (χ4v) is 1.98. The highest BCUT2D eigenvalue weighted by molar-refractivity contribution is 5.94. The van der Waals surface area contributed by atoms with E-state index in [0.717, 1.165) is 37.2 Å². The molecule has 0 aromatic heterocycles. The molecule has 1 aromatic rings. The van der Waals surface area contributed by atoms with Crippen molar-refractivity contribution in [3.63, 3.8) is 0 Å². The zero-order valence-corrected chi connectivity index (χ0v) is 12.5. The van der Waals surface area contributed by atoms with Crippen molar-refractivity contribution >= 4 is 5.91 Å². The van der Waals surface area contributed by atoms with Gasteiger partial charge in [-0.15, -0.1) is 0 Å². The van der Waals surface area contributed by atoms with E-state index in [-0.39, 0.29) is 5.91 Å². The van der Waals surface area contributed by atoms with Gasteiger partial charge in [-0.1, -0.05) is 27.2 Å². The molecule has 3 nitrogen and oxygen atoms in total. The predicted molar refractivity (Wildman–Crippen MR) is 78.6 cm³/mol. The molecule has 0 atom stereocenters. The molecular weight excluding hydrogens is 238 g/mol. The molecule has 0 radical (unpaired) electrons. The molecular formula is C16H25NO2. The zero-order valence-electron chi connectivity index (χ0n) is 12.5. The van der Waals surface area contributed by atoms with Crippen LogP contribution in [-0.2, 0) is 0 Å². The van der Waals surface area contributed by atoms with Gasteiger partial charge in [0.2, 0.25) is 0 Å². The molecule has 1 rings (SSSR count). The minimum atomic E-state index is 0.116. The molecule has 0 spiro atoms. The van der Waals surface area contributed by atoms with Gasteiger partial charge in [0.25, 0.3) is 5.91 Å². The first kappa shape index (κ1) is 15.5. The first-order chi connectivity index (χ1) is 9.08. The van der Waals surface area contributed by atoms with Crippen molar-refractivity contribution in [3.05, 3.63) is 29.8 Å². The van der Waals surface area contributed by atoms with Gasteiger partial charge in [-0.2, -0.15) is 0 Å². The Bertz CT molecular complexity index is 384. The minimum Gasteiger partial charge on any atom is -0.497 e. The first-order valence-corrected chi connectivity index (χ1v) is 7.01. The Hall–Kier alpha value is -1.51. The molecule has 0 N–H and O–H groups in total. The number of unbranched alkanes of at least 4 members (excludes halogenated alkanes) is 1. The summed E-state index contributed by atoms with van der Waals surface area (Å²) in [5.74, 6) is 1.38. The van der Waals surface area contributed by atoms with Gasteiger partial charge >= 0.3 is 0 Å². The summed E-state index contributed by atoms with van der Waals surface area (Å²) in [5, 5.41) is 0. The Morgan fingerprint density at radius 3 is 2.37 bits per heavy atom. The fraction of sp³-hybridized carbons (Fsp3) is 0.562. The van der Waals surface area contributed by atoms with Gasteiger partial charge in [0.15, 0.2) is 0 Å². The molecule has 0 aliphatic rings. The van der Waals surface area contributed by atoms with Gasteiger partial charge < -0.3 is 9.64 Å². The second-order valence-electron chi connectivity index (χ2n) is 5.23. The van der Waals surface area contributed by atoms with Gasteiger partial charge in [0, 0.05) is 18.7 Å². The Morgan fingerprint density at radius 2 is 1.89 bits per heavy atom. The second-order valence-corrected chi connectivity index (χ2v) is 5.23. The lowest BCUT2D eigenvalue weighted by Crippen LogP contribution is -2.35. The van der Waals surface area contributed by atoms with Crippen molar-refractivity contribution in [2.75, 3.05) is 20.2 Å². The summed E-state index contributed by atoms with van der Waals surface area (Å²) in [6.45, 7) is 8.07. The summed E-state index contributed by atoms with van der Waals surface area (Å²) in [5.41, 5.74) is 0.734. The van der Waals surface area contributed by atoms with Crippen LogP contribution in [0.4, 0.5) is 0 Å². The third kappa shape index (κ3) is 4.93. The monoisotopic (exact) mass is 263 g/mol. The third-order valence-corrected chi connectivity index (χ3v) is 2.99. The maximum Gasteiger partial charge on any atom is 0.253 e. The molecule has 0 saturated heterocycles. The number of nitrogens with zero attached hydrogens (tertiary/aromatic N) is 1. The largest absolute Gasteiger partial charge is 0.497 e. The average molecular weight is 263 g/mol. The normalized spacial score (nSPS) is 10.6. The molecule has 0 bridgehead atoms. The summed E-state index contributed by atoms with van der Waals surface area (Å²) in [6, 6.07) is 7.34. The molecule has 0 aliphatic heterocycles. The van der Waals surface area contributed by atoms with E-state index in [1.807, 2.05) is 29.2 Å². The minimum absolute atomic E-state index is 0.116. The number of hydrogen-bond donors (Lipinski definition) is 0. The van der Waals surface area contributed by atoms with E-state index in [4.69, 9.17) is 4.74 Å². The SMILES string of the molecule is CCCCN(CC(C)C)C(=O)c1ccc(OC)cc1. The van der Waals surface area contributed by atoms with Crippen LogP contribution < -0.4 is 4.74 Å². The number of carbonyl (C=O) groups excluding carboxylic acids is 1. The van der Waals surface area contributed by atoms with E-state index >= 15 is 0 Å². The van der Waals surface area contributed by atoms with Gasteiger partial charge in [0.05, 0.1) is 7.11 Å². The number of amides is 1. The smallest absolute Gasteiger partial charge is 0.253 e. The molecule has 1 amide bonds. The number of rotatable bonds is 7. The van der Waals surface area contributed by atoms with Crippen molar-refractivity contribution in [1.82, 2.24) is 4.90 Å². The van der Waals surface area contributed by atoms with Crippen LogP contribution in [0.1, 0.15) is 44.0 Å². The molecule has 1 aromatic carbocycles. The number of methoxy groups -OCH3 is 1. The highest BCUT2D eigenvalue weighted by atomic mass is 16.5. The van der Waals surface area contributed by atoms with Crippen LogP contribution >= 0.6 is 0 Å². The van der Waals surface area contributed by atoms with Crippen LogP contribution in [0.3, 0.4) is 0 Å². The Labute approximate surface area is 116 Å². The molecule has 3 heteroatoms. The first-order valence-electron chi connectivity index (χ1n) is 7.01. The topological polar surface area (TPSA) is 29.5 Å². The maximum absolute atomic E-state index is 12.5. The van der Waals surface area contributed by atoms with E-state index in [9.17, 15) is 4.79 Å². The number of carbonyl (C=O) groups is 1. The van der Waals surface area contributed by atoms with E-state index in [2.05, 4.69) is 20.8 Å². The standard InChI is InChI=1S/C16H25NO2/c1-5-6-11-17(12-13(2)3)16(18)14-7-9-15(19-4)10-8-14/h7-10,13H,5-6,11-12H2,1-4H3. The number of benzene rings is 1. The van der Waals surface area contributed by atoms with Crippen LogP contribution in [0.5, 0.6) is 5.75 Å². The number of hydrogen-bond acceptors (Lipinski definition) is 2. The lowest BCUT2D eigenvalue weighted by Gasteiger charge is -2.24. The molecule has 0 saturated carbocycles. The van der Waals surface area contributed by atoms with Crippen LogP contribution in [0.25, 0.3) is 0 Å². The van der Waals surface area contributed by atoms with Crippen molar-refractivity contribution < 1.29 is 9.53 Å². The van der Waals surface area contributed by atoms with Crippen molar-refractivity contribution in [2.24, 2.45) is 5.92 Å². The summed E-state index contributed by atoms with van der Waals surface area (Å²) < 4.78 is 5.11. The van der Waals surface area contributed by atoms with Gasteiger partial charge in [0.1, 0.15) is 5.75 Å². The summed E-state index contributed by atoms with van der Waals surface area (Å²) in [6.07, 6.45) is 2.15. The second kappa shape index (κ2) is 7.82. The molecule has 19 heavy (non-hydrogen) atoms. The fourth-order valence-electron chi connectivity index (χ4n) is 1.98. The summed E-state index contributed by atoms with van der Waals surface area (Å²) >= 11 is 0.